The summed E-state index contributed by atoms with van der Waals surface area (Å²) in [5.41, 5.74) is -0.342. The molecule has 0 aromatic rings. The van der Waals surface area contributed by atoms with Crippen molar-refractivity contribution >= 4 is 17.9 Å². The van der Waals surface area contributed by atoms with Gasteiger partial charge in [0.05, 0.1) is 35.1 Å². The predicted molar refractivity (Wildman–Crippen MR) is 105 cm³/mol. The van der Waals surface area contributed by atoms with Crippen molar-refractivity contribution < 1.29 is 43.2 Å². The van der Waals surface area contributed by atoms with Gasteiger partial charge in [-0.15, -0.1) is 0 Å². The summed E-state index contributed by atoms with van der Waals surface area (Å²) in [5, 5.41) is 9.36. The largest absolute Gasteiger partial charge is 0.513 e. The Bertz CT molecular complexity index is 870. The summed E-state index contributed by atoms with van der Waals surface area (Å²) in [5.74, 6) is -1.70. The van der Waals surface area contributed by atoms with Crippen LogP contribution in [0.15, 0.2) is 23.0 Å². The number of hydrogen-bond acceptors (Lipinski definition) is 9. The minimum atomic E-state index is -0.816. The van der Waals surface area contributed by atoms with E-state index in [1.807, 2.05) is 13.8 Å². The van der Waals surface area contributed by atoms with Crippen molar-refractivity contribution in [2.24, 2.45) is 0 Å². The maximum atomic E-state index is 12.7. The first-order valence-corrected chi connectivity index (χ1v) is 10.5. The van der Waals surface area contributed by atoms with E-state index in [4.69, 9.17) is 23.7 Å². The van der Waals surface area contributed by atoms with Gasteiger partial charge in [0.25, 0.3) is 0 Å². The van der Waals surface area contributed by atoms with E-state index in [0.717, 1.165) is 12.8 Å². The first-order chi connectivity index (χ1) is 14.5. The Labute approximate surface area is 180 Å². The van der Waals surface area contributed by atoms with Gasteiger partial charge in [0.2, 0.25) is 0 Å². The fourth-order valence-electron chi connectivity index (χ4n) is 4.57. The van der Waals surface area contributed by atoms with Crippen molar-refractivity contribution in [3.8, 4) is 0 Å². The quantitative estimate of drug-likeness (QED) is 0.298. The highest BCUT2D eigenvalue weighted by Crippen LogP contribution is 2.54. The zero-order valence-corrected chi connectivity index (χ0v) is 18.1. The Kier molecular flexibility index (Phi) is 5.37. The van der Waals surface area contributed by atoms with E-state index in [2.05, 4.69) is 0 Å². The number of rotatable bonds is 5. The van der Waals surface area contributed by atoms with Gasteiger partial charge in [-0.25, -0.2) is 4.79 Å². The second-order valence-corrected chi connectivity index (χ2v) is 9.08. The second kappa shape index (κ2) is 7.63. The molecule has 0 bridgehead atoms. The molecule has 0 radical (unpaired) electrons. The number of hydrogen-bond donors (Lipinski definition) is 1. The van der Waals surface area contributed by atoms with Crippen LogP contribution in [0.5, 0.6) is 0 Å². The van der Waals surface area contributed by atoms with Crippen molar-refractivity contribution in [2.75, 3.05) is 6.61 Å². The number of ether oxygens (including phenoxy) is 5. The molecule has 4 aliphatic rings. The molecule has 3 heterocycles. The molecule has 9 nitrogen and oxygen atoms in total. The molecular formula is C22H28O9. The van der Waals surface area contributed by atoms with Crippen LogP contribution in [-0.4, -0.2) is 65.2 Å². The average molecular weight is 436 g/mol. The Morgan fingerprint density at radius 2 is 1.97 bits per heavy atom. The standard InChI is InChI=1S/C22H28O9/c1-11(23)5-6-16(25)28-14-9-22(4)15(30-22)7-8-21(3)19(31-21)18-17(14)13(20(26)29-18)10-27-12(2)24/h5,14-15,18-19,23H,6-10H2,1-4H3/t14-,15-,18-,19-,21+,22+/m1/s1. The van der Waals surface area contributed by atoms with E-state index >= 15 is 0 Å². The third-order valence-corrected chi connectivity index (χ3v) is 6.48. The lowest BCUT2D eigenvalue weighted by atomic mass is 9.83. The molecule has 1 N–H and O–H groups in total. The first-order valence-electron chi connectivity index (χ1n) is 10.5. The van der Waals surface area contributed by atoms with E-state index in [1.54, 1.807) is 0 Å². The Hall–Kier alpha value is -2.39. The summed E-state index contributed by atoms with van der Waals surface area (Å²) in [4.78, 5) is 36.6. The van der Waals surface area contributed by atoms with E-state index in [9.17, 15) is 19.5 Å². The summed E-state index contributed by atoms with van der Waals surface area (Å²) in [6, 6.07) is 0. The maximum absolute atomic E-state index is 12.7. The van der Waals surface area contributed by atoms with Gasteiger partial charge in [-0.05, 0) is 39.7 Å². The number of aliphatic hydroxyl groups is 1. The summed E-state index contributed by atoms with van der Waals surface area (Å²) >= 11 is 0. The molecule has 0 unspecified atom stereocenters. The van der Waals surface area contributed by atoms with Gasteiger partial charge in [0, 0.05) is 18.9 Å². The summed E-state index contributed by atoms with van der Waals surface area (Å²) < 4.78 is 28.4. The van der Waals surface area contributed by atoms with Crippen LogP contribution in [0.25, 0.3) is 0 Å². The highest BCUT2D eigenvalue weighted by atomic mass is 16.7. The van der Waals surface area contributed by atoms with Gasteiger partial charge in [-0.2, -0.15) is 0 Å². The fourth-order valence-corrected chi connectivity index (χ4v) is 4.57. The number of esters is 3. The van der Waals surface area contributed by atoms with E-state index in [1.165, 1.54) is 19.9 Å². The average Bonchev–Trinajstić information content (AvgIpc) is 3.49. The van der Waals surface area contributed by atoms with Crippen LogP contribution in [0.1, 0.15) is 53.4 Å². The van der Waals surface area contributed by atoms with Gasteiger partial charge in [-0.1, -0.05) is 0 Å². The van der Waals surface area contributed by atoms with Crippen LogP contribution in [-0.2, 0) is 38.1 Å². The Morgan fingerprint density at radius 1 is 1.23 bits per heavy atom. The van der Waals surface area contributed by atoms with E-state index in [0.29, 0.717) is 12.0 Å². The fraction of sp³-hybridized carbons (Fsp3) is 0.682. The van der Waals surface area contributed by atoms with Crippen molar-refractivity contribution in [3.63, 3.8) is 0 Å². The van der Waals surface area contributed by atoms with Gasteiger partial charge in [0.1, 0.15) is 18.8 Å². The van der Waals surface area contributed by atoms with E-state index in [-0.39, 0.29) is 36.6 Å². The molecule has 9 heteroatoms. The number of carbonyl (C=O) groups excluding carboxylic acids is 3. The topological polar surface area (TPSA) is 124 Å². The lowest BCUT2D eigenvalue weighted by molar-refractivity contribution is -0.148. The first kappa shape index (κ1) is 21.8. The third kappa shape index (κ3) is 4.34. The second-order valence-electron chi connectivity index (χ2n) is 9.08. The zero-order chi connectivity index (χ0) is 22.6. The minimum absolute atomic E-state index is 0.00190. The van der Waals surface area contributed by atoms with Crippen molar-refractivity contribution in [3.05, 3.63) is 23.0 Å². The predicted octanol–water partition coefficient (Wildman–Crippen LogP) is 2.03. The molecule has 0 spiro atoms. The molecule has 0 amide bonds. The van der Waals surface area contributed by atoms with Crippen LogP contribution in [0.2, 0.25) is 0 Å². The summed E-state index contributed by atoms with van der Waals surface area (Å²) in [6.07, 6.45) is 1.19. The van der Waals surface area contributed by atoms with Gasteiger partial charge in [0.15, 0.2) is 6.10 Å². The normalized spacial score (nSPS) is 39.0. The zero-order valence-electron chi connectivity index (χ0n) is 18.1. The minimum Gasteiger partial charge on any atom is -0.513 e. The molecule has 1 saturated carbocycles. The molecule has 4 rings (SSSR count). The SMILES string of the molecule is CC(=O)OCC1=C2[C@@H](OC1=O)[C@H]1O[C@@]1(C)CC[C@H]1O[C@@]1(C)C[C@H]2OC(=O)CC=C(C)O. The van der Waals surface area contributed by atoms with Crippen molar-refractivity contribution in [2.45, 2.75) is 89.0 Å². The van der Waals surface area contributed by atoms with Crippen LogP contribution < -0.4 is 0 Å². The van der Waals surface area contributed by atoms with Crippen LogP contribution in [0.4, 0.5) is 0 Å². The van der Waals surface area contributed by atoms with Crippen LogP contribution in [0, 0.1) is 0 Å². The van der Waals surface area contributed by atoms with Crippen molar-refractivity contribution in [1.82, 2.24) is 0 Å². The third-order valence-electron chi connectivity index (χ3n) is 6.48. The van der Waals surface area contributed by atoms with Gasteiger partial charge < -0.3 is 28.8 Å². The lowest BCUT2D eigenvalue weighted by Gasteiger charge is -2.26. The summed E-state index contributed by atoms with van der Waals surface area (Å²) in [7, 11) is 0. The smallest absolute Gasteiger partial charge is 0.338 e. The number of carbonyl (C=O) groups is 3. The highest BCUT2D eigenvalue weighted by Gasteiger charge is 2.65. The molecule has 0 aromatic heterocycles. The molecule has 170 valence electrons. The molecular weight excluding hydrogens is 408 g/mol. The van der Waals surface area contributed by atoms with Crippen LogP contribution in [0.3, 0.4) is 0 Å². The van der Waals surface area contributed by atoms with Gasteiger partial charge in [-0.3, -0.25) is 9.59 Å². The highest BCUT2D eigenvalue weighted by molar-refractivity contribution is 5.93. The Morgan fingerprint density at radius 3 is 2.65 bits per heavy atom. The molecule has 3 aliphatic heterocycles. The molecule has 2 saturated heterocycles. The van der Waals surface area contributed by atoms with E-state index < -0.39 is 41.3 Å². The van der Waals surface area contributed by atoms with Crippen molar-refractivity contribution in [1.29, 1.82) is 0 Å². The lowest BCUT2D eigenvalue weighted by Crippen LogP contribution is -2.36. The molecule has 0 aromatic carbocycles. The maximum Gasteiger partial charge on any atom is 0.338 e. The summed E-state index contributed by atoms with van der Waals surface area (Å²) in [6.45, 7) is 6.36. The van der Waals surface area contributed by atoms with Crippen LogP contribution >= 0.6 is 0 Å². The molecule has 6 atom stereocenters. The number of aliphatic hydroxyl groups excluding tert-OH is 1. The Balaban J connectivity index is 1.70. The van der Waals surface area contributed by atoms with Gasteiger partial charge >= 0.3 is 17.9 Å². The number of epoxide rings is 2. The monoisotopic (exact) mass is 436 g/mol. The molecule has 3 fully saturated rings. The number of fused-ring (bicyclic) bond motifs is 4. The molecule has 1 aliphatic carbocycles. The molecule has 31 heavy (non-hydrogen) atoms. The number of allylic oxidation sites excluding steroid dienone is 1.